The maximum absolute atomic E-state index is 5.84. The molecule has 2 unspecified atom stereocenters. The van der Waals surface area contributed by atoms with Gasteiger partial charge in [-0.25, -0.2) is 0 Å². The first-order valence-corrected chi connectivity index (χ1v) is 10.1. The Labute approximate surface area is 154 Å². The Morgan fingerprint density at radius 2 is 1.88 bits per heavy atom. The van der Waals surface area contributed by atoms with E-state index in [9.17, 15) is 0 Å². The molecule has 1 aromatic carbocycles. The number of likely N-dealkylation sites (tertiary alicyclic amines) is 1. The van der Waals surface area contributed by atoms with Gasteiger partial charge in [-0.1, -0.05) is 23.7 Å². The number of aromatic nitrogens is 2. The molecule has 0 bridgehead atoms. The first-order valence-electron chi connectivity index (χ1n) is 9.54. The fraction of sp³-hybridized carbons (Fsp3) is 0.600. The Morgan fingerprint density at radius 1 is 1.08 bits per heavy atom. The lowest BCUT2D eigenvalue weighted by Crippen LogP contribution is -2.37. The van der Waals surface area contributed by atoms with Gasteiger partial charge < -0.3 is 9.42 Å². The van der Waals surface area contributed by atoms with Crippen molar-refractivity contribution < 1.29 is 4.52 Å². The molecule has 4 rings (SSSR count). The lowest BCUT2D eigenvalue weighted by molar-refractivity contribution is 0.162. The molecule has 1 aromatic heterocycles. The summed E-state index contributed by atoms with van der Waals surface area (Å²) >= 11 is 5.84. The van der Waals surface area contributed by atoms with Gasteiger partial charge in [-0.05, 0) is 68.8 Å². The smallest absolute Gasteiger partial charge is 0.257 e. The van der Waals surface area contributed by atoms with Crippen molar-refractivity contribution in [3.8, 4) is 11.5 Å². The third-order valence-electron chi connectivity index (χ3n) is 5.72. The fourth-order valence-electron chi connectivity index (χ4n) is 4.30. The molecular formula is C20H26ClN3O. The molecule has 0 radical (unpaired) electrons. The average molecular weight is 360 g/mol. The van der Waals surface area contributed by atoms with Crippen molar-refractivity contribution in [1.29, 1.82) is 0 Å². The molecule has 2 aliphatic rings. The van der Waals surface area contributed by atoms with Crippen LogP contribution in [0.5, 0.6) is 0 Å². The van der Waals surface area contributed by atoms with Crippen LogP contribution in [0.1, 0.15) is 49.9 Å². The number of halogens is 1. The van der Waals surface area contributed by atoms with E-state index in [1.807, 2.05) is 24.3 Å². The molecule has 0 amide bonds. The highest BCUT2D eigenvalue weighted by atomic mass is 35.5. The van der Waals surface area contributed by atoms with Gasteiger partial charge in [0, 0.05) is 23.9 Å². The normalized spacial score (nSPS) is 24.7. The van der Waals surface area contributed by atoms with Crippen molar-refractivity contribution in [2.45, 2.75) is 56.9 Å². The summed E-state index contributed by atoms with van der Waals surface area (Å²) in [5.74, 6) is 2.67. The van der Waals surface area contributed by atoms with Gasteiger partial charge in [-0.2, -0.15) is 4.98 Å². The lowest BCUT2D eigenvalue weighted by Gasteiger charge is -2.32. The Morgan fingerprint density at radius 3 is 2.64 bits per heavy atom. The van der Waals surface area contributed by atoms with Crippen molar-refractivity contribution in [3.63, 3.8) is 0 Å². The number of alkyl halides is 1. The number of hydrogen-bond donors (Lipinski definition) is 0. The van der Waals surface area contributed by atoms with Gasteiger partial charge in [0.1, 0.15) is 0 Å². The summed E-state index contributed by atoms with van der Waals surface area (Å²) in [6.45, 7) is 2.59. The number of rotatable bonds is 5. The molecule has 4 nitrogen and oxygen atoms in total. The second-order valence-electron chi connectivity index (χ2n) is 7.48. The van der Waals surface area contributed by atoms with Crippen LogP contribution in [0, 0.1) is 5.92 Å². The van der Waals surface area contributed by atoms with E-state index in [-0.39, 0.29) is 0 Å². The summed E-state index contributed by atoms with van der Waals surface area (Å²) in [6, 6.07) is 8.78. The second-order valence-corrected chi connectivity index (χ2v) is 7.75. The highest BCUT2D eigenvalue weighted by Crippen LogP contribution is 2.33. The van der Waals surface area contributed by atoms with Crippen molar-refractivity contribution in [3.05, 3.63) is 35.7 Å². The van der Waals surface area contributed by atoms with E-state index in [2.05, 4.69) is 15.0 Å². The molecule has 2 atom stereocenters. The van der Waals surface area contributed by atoms with E-state index in [1.54, 1.807) is 0 Å². The van der Waals surface area contributed by atoms with Crippen LogP contribution in [0.2, 0.25) is 0 Å². The molecule has 0 N–H and O–H groups in total. The molecule has 2 heterocycles. The standard InChI is InChI=1S/C20H26ClN3O/c21-14-15-4-7-17(8-5-15)20-22-19(23-25-20)13-16-6-9-18(12-16)24-10-2-1-3-11-24/h4-5,7-8,16,18H,1-3,6,9-14H2. The quantitative estimate of drug-likeness (QED) is 0.727. The maximum atomic E-state index is 5.84. The number of benzene rings is 1. The first-order chi connectivity index (χ1) is 12.3. The average Bonchev–Trinajstić information content (AvgIpc) is 3.33. The van der Waals surface area contributed by atoms with Crippen molar-refractivity contribution in [1.82, 2.24) is 15.0 Å². The first kappa shape index (κ1) is 17.0. The van der Waals surface area contributed by atoms with Gasteiger partial charge in [0.25, 0.3) is 5.89 Å². The van der Waals surface area contributed by atoms with Gasteiger partial charge in [-0.15, -0.1) is 11.6 Å². The fourth-order valence-corrected chi connectivity index (χ4v) is 4.48. The van der Waals surface area contributed by atoms with E-state index in [0.29, 0.717) is 17.7 Å². The highest BCUT2D eigenvalue weighted by molar-refractivity contribution is 6.17. The summed E-state index contributed by atoms with van der Waals surface area (Å²) in [7, 11) is 0. The molecule has 2 aromatic rings. The molecular weight excluding hydrogens is 334 g/mol. The molecule has 5 heteroatoms. The predicted molar refractivity (Wildman–Crippen MR) is 99.5 cm³/mol. The van der Waals surface area contributed by atoms with Crippen LogP contribution in [0.25, 0.3) is 11.5 Å². The zero-order chi connectivity index (χ0) is 17.1. The zero-order valence-corrected chi connectivity index (χ0v) is 15.4. The molecule has 1 aliphatic heterocycles. The van der Waals surface area contributed by atoms with E-state index < -0.39 is 0 Å². The molecule has 1 saturated carbocycles. The molecule has 1 aliphatic carbocycles. The van der Waals surface area contributed by atoms with Crippen LogP contribution in [0.15, 0.2) is 28.8 Å². The van der Waals surface area contributed by atoms with Crippen LogP contribution < -0.4 is 0 Å². The van der Waals surface area contributed by atoms with E-state index >= 15 is 0 Å². The minimum atomic E-state index is 0.523. The van der Waals surface area contributed by atoms with E-state index in [0.717, 1.165) is 29.4 Å². The summed E-state index contributed by atoms with van der Waals surface area (Å²) in [5.41, 5.74) is 2.06. The SMILES string of the molecule is ClCc1ccc(-c2nc(CC3CCC(N4CCCCC4)C3)no2)cc1. The predicted octanol–water partition coefficient (Wildman–Crippen LogP) is 4.67. The lowest BCUT2D eigenvalue weighted by atomic mass is 10.0. The maximum Gasteiger partial charge on any atom is 0.257 e. The molecule has 0 spiro atoms. The van der Waals surface area contributed by atoms with Crippen LogP contribution in [0.4, 0.5) is 0 Å². The molecule has 25 heavy (non-hydrogen) atoms. The van der Waals surface area contributed by atoms with Crippen molar-refractivity contribution in [2.24, 2.45) is 5.92 Å². The number of piperidine rings is 1. The van der Waals surface area contributed by atoms with Gasteiger partial charge in [0.05, 0.1) is 0 Å². The van der Waals surface area contributed by atoms with Gasteiger partial charge >= 0.3 is 0 Å². The van der Waals surface area contributed by atoms with Crippen molar-refractivity contribution >= 4 is 11.6 Å². The van der Waals surface area contributed by atoms with E-state index in [1.165, 1.54) is 51.6 Å². The van der Waals surface area contributed by atoms with Crippen molar-refractivity contribution in [2.75, 3.05) is 13.1 Å². The third kappa shape index (κ3) is 4.06. The number of hydrogen-bond acceptors (Lipinski definition) is 4. The molecule has 2 fully saturated rings. The third-order valence-corrected chi connectivity index (χ3v) is 6.02. The Kier molecular flexibility index (Phi) is 5.37. The molecule has 1 saturated heterocycles. The monoisotopic (exact) mass is 359 g/mol. The largest absolute Gasteiger partial charge is 0.334 e. The number of nitrogens with zero attached hydrogens (tertiary/aromatic N) is 3. The Hall–Kier alpha value is -1.39. The zero-order valence-electron chi connectivity index (χ0n) is 14.7. The summed E-state index contributed by atoms with van der Waals surface area (Å²) in [6.07, 6.45) is 8.99. The van der Waals surface area contributed by atoms with Gasteiger partial charge in [0.15, 0.2) is 5.82 Å². The molecule has 134 valence electrons. The van der Waals surface area contributed by atoms with E-state index in [4.69, 9.17) is 16.1 Å². The topological polar surface area (TPSA) is 42.2 Å². The van der Waals surface area contributed by atoms with Crippen LogP contribution in [0.3, 0.4) is 0 Å². The van der Waals surface area contributed by atoms with Gasteiger partial charge in [-0.3, -0.25) is 0 Å². The van der Waals surface area contributed by atoms with Crippen LogP contribution in [-0.4, -0.2) is 34.2 Å². The summed E-state index contributed by atoms with van der Waals surface area (Å²) in [5, 5.41) is 4.21. The summed E-state index contributed by atoms with van der Waals surface area (Å²) in [4.78, 5) is 7.32. The van der Waals surface area contributed by atoms with Crippen LogP contribution in [-0.2, 0) is 12.3 Å². The summed E-state index contributed by atoms with van der Waals surface area (Å²) < 4.78 is 5.47. The Balaban J connectivity index is 1.35. The minimum absolute atomic E-state index is 0.523. The van der Waals surface area contributed by atoms with Gasteiger partial charge in [0.2, 0.25) is 0 Å². The van der Waals surface area contributed by atoms with Crippen LogP contribution >= 0.6 is 11.6 Å². The highest BCUT2D eigenvalue weighted by Gasteiger charge is 2.30. The second kappa shape index (κ2) is 7.88. The Bertz CT molecular complexity index is 679. The minimum Gasteiger partial charge on any atom is -0.334 e.